The molecule has 1 aromatic rings. The van der Waals surface area contributed by atoms with Gasteiger partial charge >= 0.3 is 0 Å². The zero-order valence-electron chi connectivity index (χ0n) is 11.6. The van der Waals surface area contributed by atoms with Gasteiger partial charge in [-0.25, -0.2) is 13.8 Å². The van der Waals surface area contributed by atoms with Crippen molar-refractivity contribution in [3.63, 3.8) is 0 Å². The molecule has 0 fully saturated rings. The largest absolute Gasteiger partial charge is 0.489 e. The average Bonchev–Trinajstić information content (AvgIpc) is 2.36. The number of carbonyl (C=O) groups is 1. The van der Waals surface area contributed by atoms with E-state index in [1.54, 1.807) is 26.0 Å². The Balaban J connectivity index is 0. The zero-order chi connectivity index (χ0) is 14.5. The summed E-state index contributed by atoms with van der Waals surface area (Å²) in [5, 5.41) is 2.09. The van der Waals surface area contributed by atoms with Crippen LogP contribution in [0.1, 0.15) is 24.3 Å². The number of nitrogens with zero attached hydrogens (tertiary/aromatic N) is 1. The molecule has 0 spiro atoms. The molecule has 0 radical (unpaired) electrons. The summed E-state index contributed by atoms with van der Waals surface area (Å²) in [7, 11) is 0. The molecule has 1 heterocycles. The number of nitrogens with one attached hydrogen (secondary N) is 1. The number of hydrogen-bond donors (Lipinski definition) is 2. The highest BCUT2D eigenvalue weighted by Gasteiger charge is 2.28. The van der Waals surface area contributed by atoms with Crippen LogP contribution in [-0.2, 0) is 0 Å². The second-order valence-electron chi connectivity index (χ2n) is 4.26. The first-order valence-electron chi connectivity index (χ1n) is 5.83. The van der Waals surface area contributed by atoms with Crippen LogP contribution in [0.2, 0.25) is 0 Å². The van der Waals surface area contributed by atoms with Crippen LogP contribution < -0.4 is 15.8 Å². The Morgan fingerprint density at radius 3 is 2.62 bits per heavy atom. The minimum Gasteiger partial charge on any atom is -0.489 e. The topological polar surface area (TPSA) is 77.2 Å². The number of carbonyl (C=O) groups excluding carboxylic acids is 1. The van der Waals surface area contributed by atoms with Crippen LogP contribution in [0.25, 0.3) is 0 Å². The number of nitrogens with two attached hydrogens (primary N) is 1. The molecular formula is C12H19Cl2F2N3O2. The van der Waals surface area contributed by atoms with Gasteiger partial charge in [0.15, 0.2) is 11.4 Å². The van der Waals surface area contributed by atoms with Crippen LogP contribution >= 0.6 is 24.8 Å². The fraction of sp³-hybridized carbons (Fsp3) is 0.500. The first-order chi connectivity index (χ1) is 8.85. The van der Waals surface area contributed by atoms with Gasteiger partial charge in [-0.1, -0.05) is 0 Å². The Kier molecular flexibility index (Phi) is 10.2. The van der Waals surface area contributed by atoms with Crippen molar-refractivity contribution in [1.82, 2.24) is 10.3 Å². The fourth-order valence-electron chi connectivity index (χ4n) is 1.28. The summed E-state index contributed by atoms with van der Waals surface area (Å²) in [5.41, 5.74) is 4.86. The van der Waals surface area contributed by atoms with E-state index in [1.165, 1.54) is 6.20 Å². The molecule has 1 amide bonds. The third kappa shape index (κ3) is 7.40. The Morgan fingerprint density at radius 2 is 2.10 bits per heavy atom. The van der Waals surface area contributed by atoms with Crippen LogP contribution in [0.5, 0.6) is 5.75 Å². The van der Waals surface area contributed by atoms with Gasteiger partial charge in [0.25, 0.3) is 11.8 Å². The lowest BCUT2D eigenvalue weighted by Gasteiger charge is -2.16. The lowest BCUT2D eigenvalue weighted by atomic mass is 10.2. The van der Waals surface area contributed by atoms with Gasteiger partial charge in [-0.15, -0.1) is 24.8 Å². The van der Waals surface area contributed by atoms with E-state index in [0.717, 1.165) is 0 Å². The Labute approximate surface area is 134 Å². The molecule has 0 saturated heterocycles. The molecule has 1 aromatic heterocycles. The number of hydrogen-bond acceptors (Lipinski definition) is 4. The first kappa shape index (κ1) is 22.1. The Hall–Kier alpha value is -1.18. The summed E-state index contributed by atoms with van der Waals surface area (Å²) in [5.74, 6) is -3.60. The summed E-state index contributed by atoms with van der Waals surface area (Å²) >= 11 is 0. The molecule has 0 aliphatic heterocycles. The number of aromatic nitrogens is 1. The highest BCUT2D eigenvalue weighted by molar-refractivity contribution is 5.94. The lowest BCUT2D eigenvalue weighted by Crippen LogP contribution is -2.41. The van der Waals surface area contributed by atoms with E-state index in [9.17, 15) is 13.6 Å². The van der Waals surface area contributed by atoms with Crippen molar-refractivity contribution < 1.29 is 18.3 Å². The van der Waals surface area contributed by atoms with E-state index in [-0.39, 0.29) is 42.4 Å². The summed E-state index contributed by atoms with van der Waals surface area (Å²) in [4.78, 5) is 15.6. The molecule has 122 valence electrons. The van der Waals surface area contributed by atoms with Crippen molar-refractivity contribution in [2.45, 2.75) is 25.9 Å². The van der Waals surface area contributed by atoms with E-state index < -0.39 is 24.9 Å². The van der Waals surface area contributed by atoms with Crippen molar-refractivity contribution in [2.24, 2.45) is 5.73 Å². The van der Waals surface area contributed by atoms with Gasteiger partial charge in [0.1, 0.15) is 0 Å². The minimum atomic E-state index is -3.14. The van der Waals surface area contributed by atoms with Crippen LogP contribution in [-0.4, -0.2) is 36.0 Å². The number of alkyl halides is 2. The first-order valence-corrected chi connectivity index (χ1v) is 5.83. The Morgan fingerprint density at radius 1 is 1.48 bits per heavy atom. The Bertz CT molecular complexity index is 448. The van der Waals surface area contributed by atoms with Crippen molar-refractivity contribution >= 4 is 30.7 Å². The highest BCUT2D eigenvalue weighted by Crippen LogP contribution is 2.17. The summed E-state index contributed by atoms with van der Waals surface area (Å²) < 4.78 is 31.3. The van der Waals surface area contributed by atoms with Gasteiger partial charge in [0.05, 0.1) is 19.2 Å². The summed E-state index contributed by atoms with van der Waals surface area (Å²) in [6.45, 7) is 1.92. The third-order valence-corrected chi connectivity index (χ3v) is 2.15. The summed E-state index contributed by atoms with van der Waals surface area (Å²) in [6.07, 6.45) is 1.24. The molecule has 0 aliphatic rings. The van der Waals surface area contributed by atoms with Gasteiger partial charge in [-0.2, -0.15) is 0 Å². The van der Waals surface area contributed by atoms with Crippen LogP contribution in [0.3, 0.4) is 0 Å². The third-order valence-electron chi connectivity index (χ3n) is 2.15. The maximum atomic E-state index is 12.9. The SMILES string of the molecule is CC(C)Oc1cccnc1C(=O)NCC(F)(F)CN.Cl.Cl. The van der Waals surface area contributed by atoms with Gasteiger partial charge in [0.2, 0.25) is 0 Å². The van der Waals surface area contributed by atoms with Gasteiger partial charge in [0, 0.05) is 6.20 Å². The smallest absolute Gasteiger partial charge is 0.277 e. The fourth-order valence-corrected chi connectivity index (χ4v) is 1.28. The van der Waals surface area contributed by atoms with Crippen molar-refractivity contribution in [2.75, 3.05) is 13.1 Å². The predicted octanol–water partition coefficient (Wildman–Crippen LogP) is 2.04. The van der Waals surface area contributed by atoms with Crippen LogP contribution in [0, 0.1) is 0 Å². The molecule has 5 nitrogen and oxygen atoms in total. The molecule has 9 heteroatoms. The molecule has 0 aromatic carbocycles. The van der Waals surface area contributed by atoms with E-state index in [0.29, 0.717) is 0 Å². The van der Waals surface area contributed by atoms with Crippen molar-refractivity contribution in [1.29, 1.82) is 0 Å². The van der Waals surface area contributed by atoms with Gasteiger partial charge < -0.3 is 15.8 Å². The van der Waals surface area contributed by atoms with Crippen molar-refractivity contribution in [3.8, 4) is 5.75 Å². The second-order valence-corrected chi connectivity index (χ2v) is 4.26. The van der Waals surface area contributed by atoms with E-state index in [2.05, 4.69) is 10.3 Å². The molecule has 0 saturated carbocycles. The van der Waals surface area contributed by atoms with Crippen molar-refractivity contribution in [3.05, 3.63) is 24.0 Å². The monoisotopic (exact) mass is 345 g/mol. The quantitative estimate of drug-likeness (QED) is 0.826. The minimum absolute atomic E-state index is 0. The zero-order valence-corrected chi connectivity index (χ0v) is 13.3. The molecule has 21 heavy (non-hydrogen) atoms. The number of halogens is 4. The summed E-state index contributed by atoms with van der Waals surface area (Å²) in [6, 6.07) is 3.16. The highest BCUT2D eigenvalue weighted by atomic mass is 35.5. The number of rotatable bonds is 6. The normalized spacial score (nSPS) is 10.4. The molecule has 0 unspecified atom stereocenters. The molecule has 0 bridgehead atoms. The van der Waals surface area contributed by atoms with E-state index in [4.69, 9.17) is 10.5 Å². The van der Waals surface area contributed by atoms with Gasteiger partial charge in [-0.05, 0) is 26.0 Å². The lowest BCUT2D eigenvalue weighted by molar-refractivity contribution is 0.0117. The maximum Gasteiger partial charge on any atom is 0.277 e. The molecule has 0 atom stereocenters. The van der Waals surface area contributed by atoms with Crippen LogP contribution in [0.4, 0.5) is 8.78 Å². The standard InChI is InChI=1S/C12H17F2N3O2.2ClH/c1-8(2)19-9-4-3-5-16-10(9)11(18)17-7-12(13,14)6-15;;/h3-5,8H,6-7,15H2,1-2H3,(H,17,18);2*1H. The average molecular weight is 346 g/mol. The molecule has 0 aliphatic carbocycles. The number of ether oxygens (including phenoxy) is 1. The number of pyridine rings is 1. The molecular weight excluding hydrogens is 327 g/mol. The maximum absolute atomic E-state index is 12.9. The predicted molar refractivity (Wildman–Crippen MR) is 80.8 cm³/mol. The molecule has 3 N–H and O–H groups in total. The number of amides is 1. The van der Waals surface area contributed by atoms with Gasteiger partial charge in [-0.3, -0.25) is 4.79 Å². The van der Waals surface area contributed by atoms with E-state index in [1.807, 2.05) is 0 Å². The molecule has 1 rings (SSSR count). The van der Waals surface area contributed by atoms with E-state index >= 15 is 0 Å². The van der Waals surface area contributed by atoms with Crippen LogP contribution in [0.15, 0.2) is 18.3 Å². The second kappa shape index (κ2) is 9.70.